The van der Waals surface area contributed by atoms with Crippen LogP contribution in [0.1, 0.15) is 42.7 Å². The zero-order valence-electron chi connectivity index (χ0n) is 21.8. The molecule has 1 N–H and O–H groups in total. The summed E-state index contributed by atoms with van der Waals surface area (Å²) in [7, 11) is 3.04. The Morgan fingerprint density at radius 1 is 0.974 bits per heavy atom. The molecule has 0 spiro atoms. The van der Waals surface area contributed by atoms with Crippen LogP contribution >= 0.6 is 0 Å². The van der Waals surface area contributed by atoms with E-state index in [9.17, 15) is 18.4 Å². The first-order chi connectivity index (χ1) is 18.8. The third-order valence-corrected chi connectivity index (χ3v) is 7.41. The molecular formula is C31H28F2N2O4. The van der Waals surface area contributed by atoms with Gasteiger partial charge in [-0.05, 0) is 43.0 Å². The number of hydrogen-bond donors (Lipinski definition) is 1. The second-order valence-corrected chi connectivity index (χ2v) is 9.73. The van der Waals surface area contributed by atoms with Crippen molar-refractivity contribution in [2.45, 2.75) is 31.6 Å². The zero-order chi connectivity index (χ0) is 27.7. The fourth-order valence-corrected chi connectivity index (χ4v) is 5.57. The van der Waals surface area contributed by atoms with Crippen LogP contribution in [0.15, 0.2) is 83.0 Å². The maximum atomic E-state index is 14.4. The van der Waals surface area contributed by atoms with Crippen LogP contribution in [0.2, 0.25) is 0 Å². The Bertz CT molecular complexity index is 1500. The maximum Gasteiger partial charge on any atom is 0.234 e. The normalized spacial score (nSPS) is 20.7. The number of allylic oxidation sites excluding steroid dienone is 2. The number of carbonyl (C=O) groups excluding carboxylic acids is 2. The van der Waals surface area contributed by atoms with Gasteiger partial charge in [0, 0.05) is 47.0 Å². The van der Waals surface area contributed by atoms with Crippen molar-refractivity contribution in [3.8, 4) is 11.5 Å². The van der Waals surface area contributed by atoms with Gasteiger partial charge in [0.1, 0.15) is 23.1 Å². The van der Waals surface area contributed by atoms with Crippen molar-refractivity contribution in [3.63, 3.8) is 0 Å². The predicted octanol–water partition coefficient (Wildman–Crippen LogP) is 6.20. The Kier molecular flexibility index (Phi) is 7.28. The average molecular weight is 531 g/mol. The van der Waals surface area contributed by atoms with Gasteiger partial charge in [-0.3, -0.25) is 14.6 Å². The number of Topliss-reactive ketones (excluding diaryl/α,β-unsaturated/α-hetero) is 1. The van der Waals surface area contributed by atoms with Gasteiger partial charge in [-0.15, -0.1) is 0 Å². The van der Waals surface area contributed by atoms with Crippen LogP contribution in [-0.2, 0) is 9.59 Å². The molecule has 1 heterocycles. The van der Waals surface area contributed by atoms with E-state index < -0.39 is 29.4 Å². The van der Waals surface area contributed by atoms with Crippen molar-refractivity contribution < 1.29 is 27.8 Å². The van der Waals surface area contributed by atoms with Crippen molar-refractivity contribution in [3.05, 3.63) is 101 Å². The molecule has 0 aromatic heterocycles. The molecule has 1 amide bonds. The van der Waals surface area contributed by atoms with Crippen molar-refractivity contribution >= 4 is 23.1 Å². The Morgan fingerprint density at radius 3 is 2.44 bits per heavy atom. The molecular weight excluding hydrogens is 502 g/mol. The lowest BCUT2D eigenvalue weighted by molar-refractivity contribution is -0.119. The van der Waals surface area contributed by atoms with Gasteiger partial charge in [0.2, 0.25) is 5.91 Å². The van der Waals surface area contributed by atoms with E-state index in [2.05, 4.69) is 5.32 Å². The number of halogens is 2. The van der Waals surface area contributed by atoms with Crippen LogP contribution < -0.4 is 14.8 Å². The Labute approximate surface area is 225 Å². The number of hydrogen-bond acceptors (Lipinski definition) is 5. The molecule has 39 heavy (non-hydrogen) atoms. The van der Waals surface area contributed by atoms with Crippen molar-refractivity contribution in [2.75, 3.05) is 19.5 Å². The largest absolute Gasteiger partial charge is 0.497 e. The highest BCUT2D eigenvalue weighted by Gasteiger charge is 2.45. The summed E-state index contributed by atoms with van der Waals surface area (Å²) in [5.74, 6) is -3.01. The van der Waals surface area contributed by atoms with Gasteiger partial charge in [0.25, 0.3) is 0 Å². The van der Waals surface area contributed by atoms with E-state index >= 15 is 0 Å². The fraction of sp³-hybridized carbons (Fsp3) is 0.258. The molecule has 3 aromatic rings. The van der Waals surface area contributed by atoms with Crippen molar-refractivity contribution in [2.24, 2.45) is 10.9 Å². The molecule has 8 heteroatoms. The van der Waals surface area contributed by atoms with Gasteiger partial charge in [0.15, 0.2) is 5.78 Å². The number of carbonyl (C=O) groups is 2. The Balaban J connectivity index is 1.61. The number of nitrogens with zero attached hydrogens (tertiary/aromatic N) is 1. The third-order valence-electron chi connectivity index (χ3n) is 7.41. The number of ether oxygens (including phenoxy) is 2. The maximum absolute atomic E-state index is 14.4. The zero-order valence-corrected chi connectivity index (χ0v) is 21.8. The highest BCUT2D eigenvalue weighted by Crippen LogP contribution is 2.49. The molecule has 0 bridgehead atoms. The van der Waals surface area contributed by atoms with Crippen LogP contribution in [-0.4, -0.2) is 31.6 Å². The van der Waals surface area contributed by atoms with E-state index in [4.69, 9.17) is 14.5 Å². The van der Waals surface area contributed by atoms with E-state index in [1.165, 1.54) is 20.3 Å². The smallest absolute Gasteiger partial charge is 0.234 e. The summed E-state index contributed by atoms with van der Waals surface area (Å²) in [6.07, 6.45) is 0.811. The molecule has 3 aromatic carbocycles. The molecule has 200 valence electrons. The average Bonchev–Trinajstić information content (AvgIpc) is 2.93. The Morgan fingerprint density at radius 2 is 1.74 bits per heavy atom. The van der Waals surface area contributed by atoms with Crippen LogP contribution in [0.5, 0.6) is 11.5 Å². The summed E-state index contributed by atoms with van der Waals surface area (Å²) in [4.78, 5) is 32.3. The number of anilines is 1. The first kappa shape index (κ1) is 26.3. The van der Waals surface area contributed by atoms with Crippen LogP contribution in [0, 0.1) is 17.6 Å². The fourth-order valence-electron chi connectivity index (χ4n) is 5.57. The molecule has 0 fully saturated rings. The summed E-state index contributed by atoms with van der Waals surface area (Å²) in [5.41, 5.74) is 3.09. The molecule has 3 atom stereocenters. The van der Waals surface area contributed by atoms with E-state index in [0.717, 1.165) is 11.6 Å². The monoisotopic (exact) mass is 530 g/mol. The number of benzene rings is 3. The summed E-state index contributed by atoms with van der Waals surface area (Å²) in [6, 6.07) is 18.0. The third kappa shape index (κ3) is 5.06. The second-order valence-electron chi connectivity index (χ2n) is 9.73. The van der Waals surface area contributed by atoms with Crippen LogP contribution in [0.4, 0.5) is 14.5 Å². The van der Waals surface area contributed by atoms with Gasteiger partial charge in [-0.2, -0.15) is 0 Å². The van der Waals surface area contributed by atoms with Crippen LogP contribution in [0.3, 0.4) is 0 Å². The van der Waals surface area contributed by atoms with Gasteiger partial charge in [-0.1, -0.05) is 36.4 Å². The van der Waals surface area contributed by atoms with E-state index in [1.54, 1.807) is 25.1 Å². The molecule has 0 saturated carbocycles. The van der Waals surface area contributed by atoms with Gasteiger partial charge < -0.3 is 14.8 Å². The quantitative estimate of drug-likeness (QED) is 0.412. The standard InChI is InChI=1S/C31H28F2N2O4/c1-17-28(31(37)35-24-12-9-20(32)15-23(24)33)29(22-11-10-21(38-2)16-27(22)39-3)30-25(34-17)13-19(14-26(30)36)18-7-5-4-6-8-18/h4-12,15-16,19,28-29H,13-14H2,1-3H3,(H,35,37)/t19-,28?,29-/m0/s1. The highest BCUT2D eigenvalue weighted by molar-refractivity contribution is 6.13. The van der Waals surface area contributed by atoms with Crippen molar-refractivity contribution in [1.82, 2.24) is 0 Å². The predicted molar refractivity (Wildman–Crippen MR) is 144 cm³/mol. The highest BCUT2D eigenvalue weighted by atomic mass is 19.1. The summed E-state index contributed by atoms with van der Waals surface area (Å²) >= 11 is 0. The minimum absolute atomic E-state index is 0.0360. The molecule has 2 aliphatic rings. The molecule has 1 aliphatic heterocycles. The lowest BCUT2D eigenvalue weighted by Crippen LogP contribution is -2.40. The number of nitrogens with one attached hydrogen (secondary N) is 1. The van der Waals surface area contributed by atoms with E-state index in [-0.39, 0.29) is 23.8 Å². The first-order valence-corrected chi connectivity index (χ1v) is 12.6. The van der Waals surface area contributed by atoms with E-state index in [0.29, 0.717) is 46.5 Å². The molecule has 1 aliphatic carbocycles. The van der Waals surface area contributed by atoms with E-state index in [1.807, 2.05) is 30.3 Å². The minimum atomic E-state index is -0.937. The van der Waals surface area contributed by atoms with Gasteiger partial charge >= 0.3 is 0 Å². The lowest BCUT2D eigenvalue weighted by atomic mass is 9.68. The molecule has 0 radical (unpaired) electrons. The van der Waals surface area contributed by atoms with Gasteiger partial charge in [-0.25, -0.2) is 8.78 Å². The number of methoxy groups -OCH3 is 2. The summed E-state index contributed by atoms with van der Waals surface area (Å²) in [6.45, 7) is 1.73. The number of ketones is 1. The number of aliphatic imine (C=N–C) groups is 1. The molecule has 5 rings (SSSR count). The lowest BCUT2D eigenvalue weighted by Gasteiger charge is -2.37. The Hall–Kier alpha value is -4.33. The van der Waals surface area contributed by atoms with Crippen molar-refractivity contribution in [1.29, 1.82) is 0 Å². The number of amides is 1. The number of rotatable bonds is 6. The molecule has 0 saturated heterocycles. The SMILES string of the molecule is COc1ccc([C@@H]2C3=C(C[C@H](c4ccccc4)CC3=O)N=C(C)C2C(=O)Nc2ccc(F)cc2F)c(OC)c1. The second kappa shape index (κ2) is 10.8. The topological polar surface area (TPSA) is 77.0 Å². The van der Waals surface area contributed by atoms with Gasteiger partial charge in [0.05, 0.1) is 25.8 Å². The van der Waals surface area contributed by atoms with Crippen LogP contribution in [0.25, 0.3) is 0 Å². The summed E-state index contributed by atoms with van der Waals surface area (Å²) in [5, 5.41) is 2.58. The first-order valence-electron chi connectivity index (χ1n) is 12.6. The minimum Gasteiger partial charge on any atom is -0.497 e. The molecule has 1 unspecified atom stereocenters. The summed E-state index contributed by atoms with van der Waals surface area (Å²) < 4.78 is 38.9. The molecule has 6 nitrogen and oxygen atoms in total.